The van der Waals surface area contributed by atoms with Gasteiger partial charge in [0.15, 0.2) is 0 Å². The predicted molar refractivity (Wildman–Crippen MR) is 62.5 cm³/mol. The second kappa shape index (κ2) is 6.64. The highest BCUT2D eigenvalue weighted by atomic mass is 14.0. The topological polar surface area (TPSA) is 0 Å². The Hall–Kier alpha value is -0.780. The summed E-state index contributed by atoms with van der Waals surface area (Å²) < 4.78 is 0. The maximum Gasteiger partial charge on any atom is -0.0146 e. The molecule has 0 bridgehead atoms. The quantitative estimate of drug-likeness (QED) is 0.589. The molecule has 0 saturated carbocycles. The Morgan fingerprint density at radius 1 is 1.07 bits per heavy atom. The van der Waals surface area contributed by atoms with Crippen LogP contribution in [-0.4, -0.2) is 0 Å². The van der Waals surface area contributed by atoms with Gasteiger partial charge in [0, 0.05) is 0 Å². The number of benzene rings is 1. The van der Waals surface area contributed by atoms with E-state index in [2.05, 4.69) is 32.0 Å². The molecule has 0 nitrogen and oxygen atoms in total. The highest BCUT2D eigenvalue weighted by molar-refractivity contribution is 5.26. The van der Waals surface area contributed by atoms with Gasteiger partial charge in [-0.3, -0.25) is 0 Å². The maximum atomic E-state index is 3.38. The number of hydrogen-bond acceptors (Lipinski definition) is 0. The third-order valence-electron chi connectivity index (χ3n) is 2.59. The van der Waals surface area contributed by atoms with Crippen molar-refractivity contribution in [2.24, 2.45) is 0 Å². The van der Waals surface area contributed by atoms with Gasteiger partial charge in [-0.2, -0.15) is 0 Å². The van der Waals surface area contributed by atoms with E-state index in [4.69, 9.17) is 0 Å². The van der Waals surface area contributed by atoms with Crippen molar-refractivity contribution in [2.45, 2.75) is 52.4 Å². The molecule has 0 aliphatic carbocycles. The minimum Gasteiger partial charge on any atom is -0.0654 e. The highest BCUT2D eigenvalue weighted by Gasteiger charge is 2.00. The SMILES string of the molecule is CCCCCc1[c]cccc1CCC. The van der Waals surface area contributed by atoms with Crippen LogP contribution in [-0.2, 0) is 12.8 Å². The average Bonchev–Trinajstić information content (AvgIpc) is 2.21. The molecule has 0 saturated heterocycles. The third-order valence-corrected chi connectivity index (χ3v) is 2.59. The van der Waals surface area contributed by atoms with Crippen LogP contribution in [0.15, 0.2) is 18.2 Å². The zero-order valence-corrected chi connectivity index (χ0v) is 9.47. The van der Waals surface area contributed by atoms with Gasteiger partial charge in [0.05, 0.1) is 0 Å². The smallest absolute Gasteiger partial charge is 0.0146 e. The van der Waals surface area contributed by atoms with E-state index in [1.54, 1.807) is 0 Å². The molecule has 0 heterocycles. The van der Waals surface area contributed by atoms with Gasteiger partial charge in [-0.15, -0.1) is 0 Å². The average molecular weight is 189 g/mol. The Morgan fingerprint density at radius 2 is 1.93 bits per heavy atom. The van der Waals surface area contributed by atoms with Crippen molar-refractivity contribution in [1.82, 2.24) is 0 Å². The molecule has 0 amide bonds. The summed E-state index contributed by atoms with van der Waals surface area (Å²) in [5, 5.41) is 0. The summed E-state index contributed by atoms with van der Waals surface area (Å²) in [6.07, 6.45) is 7.61. The Balaban J connectivity index is 2.55. The summed E-state index contributed by atoms with van der Waals surface area (Å²) in [6, 6.07) is 9.78. The number of aryl methyl sites for hydroxylation is 2. The van der Waals surface area contributed by atoms with Crippen LogP contribution in [0.25, 0.3) is 0 Å². The van der Waals surface area contributed by atoms with Crippen LogP contribution in [0.2, 0.25) is 0 Å². The van der Waals surface area contributed by atoms with Crippen molar-refractivity contribution < 1.29 is 0 Å². The Labute approximate surface area is 88.4 Å². The molecule has 0 heteroatoms. The zero-order chi connectivity index (χ0) is 10.2. The van der Waals surface area contributed by atoms with Crippen LogP contribution >= 0.6 is 0 Å². The first-order chi connectivity index (χ1) is 6.88. The molecular weight excluding hydrogens is 168 g/mol. The summed E-state index contributed by atoms with van der Waals surface area (Å²) in [7, 11) is 0. The van der Waals surface area contributed by atoms with Crippen LogP contribution in [0, 0.1) is 6.07 Å². The fourth-order valence-electron chi connectivity index (χ4n) is 1.79. The van der Waals surface area contributed by atoms with Crippen LogP contribution in [0.5, 0.6) is 0 Å². The Morgan fingerprint density at radius 3 is 2.64 bits per heavy atom. The van der Waals surface area contributed by atoms with Crippen LogP contribution in [0.4, 0.5) is 0 Å². The number of rotatable bonds is 6. The minimum absolute atomic E-state index is 1.21. The molecular formula is C14H21. The first kappa shape index (κ1) is 11.3. The molecule has 0 aliphatic rings. The summed E-state index contributed by atoms with van der Waals surface area (Å²) in [6.45, 7) is 4.49. The van der Waals surface area contributed by atoms with Crippen molar-refractivity contribution in [3.05, 3.63) is 35.4 Å². The second-order valence-corrected chi connectivity index (χ2v) is 3.88. The van der Waals surface area contributed by atoms with Gasteiger partial charge in [-0.25, -0.2) is 0 Å². The van der Waals surface area contributed by atoms with Crippen LogP contribution < -0.4 is 0 Å². The molecule has 0 aliphatic heterocycles. The van der Waals surface area contributed by atoms with Gasteiger partial charge in [-0.1, -0.05) is 51.3 Å². The maximum absolute atomic E-state index is 3.38. The normalized spacial score (nSPS) is 10.4. The molecule has 1 aromatic carbocycles. The Bertz CT molecular complexity index is 250. The van der Waals surface area contributed by atoms with Crippen molar-refractivity contribution >= 4 is 0 Å². The molecule has 1 radical (unpaired) electrons. The van der Waals surface area contributed by atoms with E-state index in [9.17, 15) is 0 Å². The largest absolute Gasteiger partial charge is 0.0654 e. The summed E-state index contributed by atoms with van der Waals surface area (Å²) in [4.78, 5) is 0. The lowest BCUT2D eigenvalue weighted by molar-refractivity contribution is 0.711. The molecule has 77 valence electrons. The first-order valence-corrected chi connectivity index (χ1v) is 5.87. The fourth-order valence-corrected chi connectivity index (χ4v) is 1.79. The van der Waals surface area contributed by atoms with E-state index in [1.165, 1.54) is 49.7 Å². The molecule has 0 atom stereocenters. The number of hydrogen-bond donors (Lipinski definition) is 0. The van der Waals surface area contributed by atoms with E-state index in [0.29, 0.717) is 0 Å². The monoisotopic (exact) mass is 189 g/mol. The molecule has 0 spiro atoms. The third kappa shape index (κ3) is 3.53. The summed E-state index contributed by atoms with van der Waals surface area (Å²) >= 11 is 0. The van der Waals surface area contributed by atoms with E-state index in [1.807, 2.05) is 6.07 Å². The highest BCUT2D eigenvalue weighted by Crippen LogP contribution is 2.13. The molecule has 0 fully saturated rings. The van der Waals surface area contributed by atoms with Gasteiger partial charge in [0.2, 0.25) is 0 Å². The Kier molecular flexibility index (Phi) is 5.36. The van der Waals surface area contributed by atoms with Crippen LogP contribution in [0.3, 0.4) is 0 Å². The molecule has 14 heavy (non-hydrogen) atoms. The number of unbranched alkanes of at least 4 members (excludes halogenated alkanes) is 2. The van der Waals surface area contributed by atoms with Crippen molar-refractivity contribution in [2.75, 3.05) is 0 Å². The summed E-state index contributed by atoms with van der Waals surface area (Å²) in [5.41, 5.74) is 2.95. The lowest BCUT2D eigenvalue weighted by Gasteiger charge is -2.07. The van der Waals surface area contributed by atoms with Gasteiger partial charge < -0.3 is 0 Å². The van der Waals surface area contributed by atoms with Crippen LogP contribution in [0.1, 0.15) is 50.7 Å². The standard InChI is InChI=1S/C14H21/c1-3-5-6-10-14-12-8-7-11-13(14)9-4-2/h7-8,11H,3-6,9-10H2,1-2H3. The van der Waals surface area contributed by atoms with E-state index in [-0.39, 0.29) is 0 Å². The lowest BCUT2D eigenvalue weighted by atomic mass is 9.98. The van der Waals surface area contributed by atoms with E-state index in [0.717, 1.165) is 0 Å². The van der Waals surface area contributed by atoms with Gasteiger partial charge in [0.25, 0.3) is 0 Å². The van der Waals surface area contributed by atoms with E-state index < -0.39 is 0 Å². The zero-order valence-electron chi connectivity index (χ0n) is 9.47. The van der Waals surface area contributed by atoms with Gasteiger partial charge in [-0.05, 0) is 36.5 Å². The first-order valence-electron chi connectivity index (χ1n) is 5.87. The molecule has 0 unspecified atom stereocenters. The van der Waals surface area contributed by atoms with Crippen molar-refractivity contribution in [3.8, 4) is 0 Å². The minimum atomic E-state index is 1.21. The summed E-state index contributed by atoms with van der Waals surface area (Å²) in [5.74, 6) is 0. The lowest BCUT2D eigenvalue weighted by Crippen LogP contribution is -1.94. The fraction of sp³-hybridized carbons (Fsp3) is 0.571. The second-order valence-electron chi connectivity index (χ2n) is 3.88. The van der Waals surface area contributed by atoms with Crippen molar-refractivity contribution in [3.63, 3.8) is 0 Å². The van der Waals surface area contributed by atoms with Gasteiger partial charge in [0.1, 0.15) is 0 Å². The molecule has 1 aromatic rings. The predicted octanol–water partition coefficient (Wildman–Crippen LogP) is 4.17. The molecule has 0 aromatic heterocycles. The van der Waals surface area contributed by atoms with Gasteiger partial charge >= 0.3 is 0 Å². The molecule has 1 rings (SSSR count). The van der Waals surface area contributed by atoms with Crippen molar-refractivity contribution in [1.29, 1.82) is 0 Å². The molecule has 0 N–H and O–H groups in total. The van der Waals surface area contributed by atoms with E-state index >= 15 is 0 Å².